The van der Waals surface area contributed by atoms with Crippen molar-refractivity contribution >= 4 is 42.4 Å². The number of nitrogens with zero attached hydrogens (tertiary/aromatic N) is 2. The lowest BCUT2D eigenvalue weighted by molar-refractivity contribution is -0.116. The van der Waals surface area contributed by atoms with Gasteiger partial charge in [0.1, 0.15) is 11.5 Å². The third kappa shape index (κ3) is 4.81. The molecule has 0 bridgehead atoms. The lowest BCUT2D eigenvalue weighted by atomic mass is 10.2. The van der Waals surface area contributed by atoms with E-state index in [2.05, 4.69) is 4.98 Å². The number of aryl methyl sites for hydroxylation is 1. The lowest BCUT2D eigenvalue weighted by Gasteiger charge is -2.20. The van der Waals surface area contributed by atoms with Crippen LogP contribution in [0, 0.1) is 6.92 Å². The van der Waals surface area contributed by atoms with Gasteiger partial charge in [-0.2, -0.15) is 0 Å². The SMILES string of the molecule is COc1ccc2nc(N(Cc3ccccc3)C(=O)CS(=O)(=O)c3ccc(C)cc3)sc2c1. The van der Waals surface area contributed by atoms with E-state index >= 15 is 0 Å². The van der Waals surface area contributed by atoms with Crippen molar-refractivity contribution in [1.82, 2.24) is 4.98 Å². The minimum Gasteiger partial charge on any atom is -0.497 e. The molecule has 164 valence electrons. The van der Waals surface area contributed by atoms with Gasteiger partial charge in [0.2, 0.25) is 5.91 Å². The van der Waals surface area contributed by atoms with Gasteiger partial charge in [0.25, 0.3) is 0 Å². The summed E-state index contributed by atoms with van der Waals surface area (Å²) in [6, 6.07) is 21.4. The van der Waals surface area contributed by atoms with Crippen molar-refractivity contribution in [1.29, 1.82) is 0 Å². The normalized spacial score (nSPS) is 11.4. The Labute approximate surface area is 191 Å². The molecule has 4 aromatic rings. The summed E-state index contributed by atoms with van der Waals surface area (Å²) in [5.74, 6) is -0.474. The number of benzene rings is 3. The van der Waals surface area contributed by atoms with Crippen LogP contribution in [0.3, 0.4) is 0 Å². The molecule has 0 aliphatic carbocycles. The lowest BCUT2D eigenvalue weighted by Crippen LogP contribution is -2.35. The van der Waals surface area contributed by atoms with E-state index in [9.17, 15) is 13.2 Å². The molecule has 1 aromatic heterocycles. The summed E-state index contributed by atoms with van der Waals surface area (Å²) in [6.45, 7) is 2.10. The van der Waals surface area contributed by atoms with E-state index in [1.165, 1.54) is 28.4 Å². The van der Waals surface area contributed by atoms with Gasteiger partial charge in [-0.05, 0) is 42.8 Å². The van der Waals surface area contributed by atoms with Crippen LogP contribution in [0.5, 0.6) is 5.75 Å². The smallest absolute Gasteiger partial charge is 0.244 e. The van der Waals surface area contributed by atoms with Crippen LogP contribution in [0.25, 0.3) is 10.2 Å². The molecule has 32 heavy (non-hydrogen) atoms. The number of sulfone groups is 1. The van der Waals surface area contributed by atoms with E-state index in [0.717, 1.165) is 21.3 Å². The third-order valence-electron chi connectivity index (χ3n) is 4.99. The first-order valence-electron chi connectivity index (χ1n) is 9.94. The molecule has 0 aliphatic rings. The molecule has 0 unspecified atom stereocenters. The van der Waals surface area contributed by atoms with Crippen molar-refractivity contribution in [3.05, 3.63) is 83.9 Å². The first-order valence-corrected chi connectivity index (χ1v) is 12.4. The Kier molecular flexibility index (Phi) is 6.25. The number of methoxy groups -OCH3 is 1. The van der Waals surface area contributed by atoms with E-state index in [1.54, 1.807) is 25.3 Å². The summed E-state index contributed by atoms with van der Waals surface area (Å²) in [4.78, 5) is 19.5. The highest BCUT2D eigenvalue weighted by atomic mass is 32.2. The monoisotopic (exact) mass is 466 g/mol. The van der Waals surface area contributed by atoms with Crippen molar-refractivity contribution < 1.29 is 17.9 Å². The Bertz CT molecular complexity index is 1350. The molecule has 1 heterocycles. The number of amides is 1. The number of carbonyl (C=O) groups is 1. The van der Waals surface area contributed by atoms with Gasteiger partial charge in [-0.15, -0.1) is 0 Å². The molecule has 3 aromatic carbocycles. The van der Waals surface area contributed by atoms with Crippen molar-refractivity contribution in [3.63, 3.8) is 0 Å². The molecule has 0 saturated carbocycles. The summed E-state index contributed by atoms with van der Waals surface area (Å²) in [5.41, 5.74) is 2.55. The maximum absolute atomic E-state index is 13.3. The van der Waals surface area contributed by atoms with Gasteiger partial charge in [0, 0.05) is 0 Å². The summed E-state index contributed by atoms with van der Waals surface area (Å²) < 4.78 is 32.0. The van der Waals surface area contributed by atoms with Crippen LogP contribution in [0.4, 0.5) is 5.13 Å². The third-order valence-corrected chi connectivity index (χ3v) is 7.65. The maximum atomic E-state index is 13.3. The van der Waals surface area contributed by atoms with Crippen LogP contribution in [-0.4, -0.2) is 32.2 Å². The van der Waals surface area contributed by atoms with Crippen LogP contribution in [0.2, 0.25) is 0 Å². The molecule has 0 N–H and O–H groups in total. The van der Waals surface area contributed by atoms with E-state index in [0.29, 0.717) is 10.9 Å². The van der Waals surface area contributed by atoms with Gasteiger partial charge in [-0.25, -0.2) is 13.4 Å². The predicted molar refractivity (Wildman–Crippen MR) is 127 cm³/mol. The van der Waals surface area contributed by atoms with Gasteiger partial charge in [-0.3, -0.25) is 9.69 Å². The molecule has 6 nitrogen and oxygen atoms in total. The first kappa shape index (κ1) is 22.0. The molecule has 0 fully saturated rings. The fraction of sp³-hybridized carbons (Fsp3) is 0.167. The van der Waals surface area contributed by atoms with E-state index < -0.39 is 21.5 Å². The molecule has 0 spiro atoms. The molecule has 0 atom stereocenters. The van der Waals surface area contributed by atoms with Gasteiger partial charge < -0.3 is 4.74 Å². The van der Waals surface area contributed by atoms with Gasteiger partial charge >= 0.3 is 0 Å². The van der Waals surface area contributed by atoms with Crippen molar-refractivity contribution in [2.24, 2.45) is 0 Å². The Hall–Kier alpha value is -3.23. The zero-order chi connectivity index (χ0) is 22.7. The van der Waals surface area contributed by atoms with Gasteiger partial charge in [-0.1, -0.05) is 59.4 Å². The van der Waals surface area contributed by atoms with E-state index in [4.69, 9.17) is 4.74 Å². The number of anilines is 1. The average Bonchev–Trinajstić information content (AvgIpc) is 3.21. The second kappa shape index (κ2) is 9.10. The second-order valence-electron chi connectivity index (χ2n) is 7.37. The highest BCUT2D eigenvalue weighted by Crippen LogP contribution is 2.32. The van der Waals surface area contributed by atoms with Crippen molar-refractivity contribution in [3.8, 4) is 5.75 Å². The van der Waals surface area contributed by atoms with Crippen molar-refractivity contribution in [2.75, 3.05) is 17.8 Å². The zero-order valence-electron chi connectivity index (χ0n) is 17.7. The number of hydrogen-bond donors (Lipinski definition) is 0. The van der Waals surface area contributed by atoms with Gasteiger partial charge in [0.15, 0.2) is 15.0 Å². The van der Waals surface area contributed by atoms with Crippen molar-refractivity contribution in [2.45, 2.75) is 18.4 Å². The Morgan fingerprint density at radius 1 is 1.03 bits per heavy atom. The van der Waals surface area contributed by atoms with Crippen LogP contribution < -0.4 is 9.64 Å². The van der Waals surface area contributed by atoms with Crippen LogP contribution in [-0.2, 0) is 21.2 Å². The predicted octanol–water partition coefficient (Wildman–Crippen LogP) is 4.62. The number of fused-ring (bicyclic) bond motifs is 1. The molecule has 8 heteroatoms. The van der Waals surface area contributed by atoms with Crippen LogP contribution >= 0.6 is 11.3 Å². The Morgan fingerprint density at radius 3 is 2.44 bits per heavy atom. The topological polar surface area (TPSA) is 76.6 Å². The molecule has 0 saturated heterocycles. The number of carbonyl (C=O) groups excluding carboxylic acids is 1. The zero-order valence-corrected chi connectivity index (χ0v) is 19.3. The Balaban J connectivity index is 1.69. The number of hydrogen-bond acceptors (Lipinski definition) is 6. The first-order chi connectivity index (χ1) is 15.4. The highest BCUT2D eigenvalue weighted by Gasteiger charge is 2.27. The summed E-state index contributed by atoms with van der Waals surface area (Å²) in [6.07, 6.45) is 0. The number of aromatic nitrogens is 1. The fourth-order valence-electron chi connectivity index (χ4n) is 3.23. The number of thiazole rings is 1. The quantitative estimate of drug-likeness (QED) is 0.397. The maximum Gasteiger partial charge on any atom is 0.244 e. The van der Waals surface area contributed by atoms with Gasteiger partial charge in [0.05, 0.1) is 28.8 Å². The fourth-order valence-corrected chi connectivity index (χ4v) is 5.44. The molecule has 4 rings (SSSR count). The van der Waals surface area contributed by atoms with Crippen LogP contribution in [0.15, 0.2) is 77.7 Å². The highest BCUT2D eigenvalue weighted by molar-refractivity contribution is 7.92. The molecule has 1 amide bonds. The summed E-state index contributed by atoms with van der Waals surface area (Å²) in [7, 11) is -2.21. The summed E-state index contributed by atoms with van der Waals surface area (Å²) >= 11 is 1.33. The standard InChI is InChI=1S/C24H22N2O4S2/c1-17-8-11-20(12-9-17)32(28,29)16-23(27)26(15-18-6-4-3-5-7-18)24-25-21-13-10-19(30-2)14-22(21)31-24/h3-14H,15-16H2,1-2H3. The minimum atomic E-state index is -3.80. The molecule has 0 aliphatic heterocycles. The minimum absolute atomic E-state index is 0.130. The second-order valence-corrected chi connectivity index (χ2v) is 10.4. The van der Waals surface area contributed by atoms with Crippen LogP contribution in [0.1, 0.15) is 11.1 Å². The number of rotatable bonds is 7. The Morgan fingerprint density at radius 2 is 1.75 bits per heavy atom. The molecule has 0 radical (unpaired) electrons. The average molecular weight is 467 g/mol. The largest absolute Gasteiger partial charge is 0.497 e. The molecular formula is C24H22N2O4S2. The van der Waals surface area contributed by atoms with E-state index in [-0.39, 0.29) is 11.4 Å². The molecular weight excluding hydrogens is 444 g/mol. The number of ether oxygens (including phenoxy) is 1. The summed E-state index contributed by atoms with van der Waals surface area (Å²) in [5, 5.41) is 0.446. The van der Waals surface area contributed by atoms with E-state index in [1.807, 2.05) is 49.4 Å².